The van der Waals surface area contributed by atoms with Gasteiger partial charge in [0, 0.05) is 11.1 Å². The fourth-order valence-corrected chi connectivity index (χ4v) is 2.86. The largest absolute Gasteiger partial charge is 0.373 e. The van der Waals surface area contributed by atoms with E-state index in [1.54, 1.807) is 27.7 Å². The molecule has 0 bridgehead atoms. The first-order chi connectivity index (χ1) is 18.3. The van der Waals surface area contributed by atoms with E-state index in [-0.39, 0.29) is 59.8 Å². The molecule has 2 aromatic carbocycles. The molecule has 0 aromatic heterocycles. The Kier molecular flexibility index (Phi) is 12.0. The molecule has 0 unspecified atom stereocenters. The zero-order valence-corrected chi connectivity index (χ0v) is 21.1. The van der Waals surface area contributed by atoms with E-state index in [9.17, 15) is 24.0 Å². The van der Waals surface area contributed by atoms with Gasteiger partial charge in [-0.1, -0.05) is 12.1 Å². The number of carbonyl (C=O) groups excluding carboxylic acids is 5. The van der Waals surface area contributed by atoms with Crippen molar-refractivity contribution in [2.75, 3.05) is 26.4 Å². The second-order valence-electron chi connectivity index (χ2n) is 6.96. The minimum Gasteiger partial charge on any atom is -0.293 e. The maximum atomic E-state index is 13.3. The average molecular weight is 534 g/mol. The summed E-state index contributed by atoms with van der Waals surface area (Å²) in [7, 11) is 0. The van der Waals surface area contributed by atoms with Crippen molar-refractivity contribution < 1.29 is 63.1 Å². The van der Waals surface area contributed by atoms with Gasteiger partial charge in [-0.05, 0) is 52.0 Å². The van der Waals surface area contributed by atoms with Gasteiger partial charge in [-0.25, -0.2) is 19.2 Å². The smallest absolute Gasteiger partial charge is 0.293 e. The van der Waals surface area contributed by atoms with Gasteiger partial charge in [-0.2, -0.15) is 19.6 Å². The van der Waals surface area contributed by atoms with Crippen LogP contribution < -0.4 is 0 Å². The molecule has 13 nitrogen and oxygen atoms in total. The van der Waals surface area contributed by atoms with Crippen LogP contribution in [0.4, 0.5) is 0 Å². The normalized spacial score (nSPS) is 10.4. The van der Waals surface area contributed by atoms with Crippen LogP contribution in [0.5, 0.6) is 0 Å². The number of carbonyl (C=O) groups is 5. The van der Waals surface area contributed by atoms with Crippen molar-refractivity contribution in [3.05, 3.63) is 69.8 Å². The van der Waals surface area contributed by atoms with Crippen molar-refractivity contribution in [1.29, 1.82) is 0 Å². The minimum absolute atomic E-state index is 0.0296. The quantitative estimate of drug-likeness (QED) is 0.197. The summed E-state index contributed by atoms with van der Waals surface area (Å²) in [6.45, 7) is 6.48. The summed E-state index contributed by atoms with van der Waals surface area (Å²) in [6.07, 6.45) is 0. The predicted octanol–water partition coefficient (Wildman–Crippen LogP) is 3.35. The molecule has 0 N–H and O–H groups in total. The lowest BCUT2D eigenvalue weighted by molar-refractivity contribution is -0.238. The Labute approximate surface area is 217 Å². The molecule has 0 aliphatic rings. The van der Waals surface area contributed by atoms with Gasteiger partial charge in [0.25, 0.3) is 0 Å². The van der Waals surface area contributed by atoms with Crippen LogP contribution in [-0.4, -0.2) is 56.1 Å². The summed E-state index contributed by atoms with van der Waals surface area (Å²) in [4.78, 5) is 100. The molecule has 2 rings (SSSR count). The zero-order chi connectivity index (χ0) is 28.1. The molecule has 38 heavy (non-hydrogen) atoms. The third-order valence-corrected chi connectivity index (χ3v) is 4.45. The summed E-state index contributed by atoms with van der Waals surface area (Å²) in [6, 6.07) is 6.99. The van der Waals surface area contributed by atoms with Crippen LogP contribution >= 0.6 is 0 Å². The summed E-state index contributed by atoms with van der Waals surface area (Å²) in [5, 5.41) is 0. The van der Waals surface area contributed by atoms with Crippen LogP contribution in [0.2, 0.25) is 0 Å². The van der Waals surface area contributed by atoms with Gasteiger partial charge >= 0.3 is 23.9 Å². The van der Waals surface area contributed by atoms with E-state index < -0.39 is 29.7 Å². The van der Waals surface area contributed by atoms with Crippen LogP contribution in [0.25, 0.3) is 0 Å². The Morgan fingerprint density at radius 2 is 0.763 bits per heavy atom. The first kappa shape index (κ1) is 30.1. The molecule has 204 valence electrons. The highest BCUT2D eigenvalue weighted by Crippen LogP contribution is 2.21. The van der Waals surface area contributed by atoms with Crippen molar-refractivity contribution in [1.82, 2.24) is 0 Å². The molecule has 0 radical (unpaired) electrons. The Bertz CT molecular complexity index is 1080. The van der Waals surface area contributed by atoms with Crippen LogP contribution in [0.15, 0.2) is 36.4 Å². The first-order valence-corrected chi connectivity index (χ1v) is 11.5. The molecule has 0 heterocycles. The second-order valence-corrected chi connectivity index (χ2v) is 6.96. The van der Waals surface area contributed by atoms with E-state index in [1.807, 2.05) is 0 Å². The lowest BCUT2D eigenvalue weighted by Crippen LogP contribution is -2.17. The third kappa shape index (κ3) is 7.91. The lowest BCUT2D eigenvalue weighted by atomic mass is 9.95. The van der Waals surface area contributed by atoms with Crippen LogP contribution in [0, 0.1) is 0 Å². The number of rotatable bonds is 14. The van der Waals surface area contributed by atoms with Gasteiger partial charge in [-0.15, -0.1) is 0 Å². The van der Waals surface area contributed by atoms with Gasteiger partial charge in [0.1, 0.15) is 0 Å². The van der Waals surface area contributed by atoms with E-state index in [0.29, 0.717) is 0 Å². The Morgan fingerprint density at radius 1 is 0.474 bits per heavy atom. The third-order valence-electron chi connectivity index (χ3n) is 4.45. The highest BCUT2D eigenvalue weighted by atomic mass is 17.2. The van der Waals surface area contributed by atoms with E-state index in [4.69, 9.17) is 0 Å². The van der Waals surface area contributed by atoms with Crippen molar-refractivity contribution >= 4 is 29.7 Å². The molecule has 0 aliphatic heterocycles. The summed E-state index contributed by atoms with van der Waals surface area (Å²) < 4.78 is 0. The first-order valence-electron chi connectivity index (χ1n) is 11.5. The molecule has 0 amide bonds. The molecule has 0 aliphatic carbocycles. The molecule has 0 saturated carbocycles. The number of benzene rings is 2. The van der Waals surface area contributed by atoms with Crippen LogP contribution in [0.1, 0.15) is 85.0 Å². The fraction of sp³-hybridized carbons (Fsp3) is 0.320. The minimum atomic E-state index is -1.07. The van der Waals surface area contributed by atoms with Gasteiger partial charge in [0.2, 0.25) is 0 Å². The van der Waals surface area contributed by atoms with Gasteiger partial charge in [0.15, 0.2) is 5.78 Å². The van der Waals surface area contributed by atoms with E-state index >= 15 is 0 Å². The average Bonchev–Trinajstić information content (AvgIpc) is 2.94. The molecular formula is C25H26O13. The molecule has 0 saturated heterocycles. The van der Waals surface area contributed by atoms with Gasteiger partial charge in [0.05, 0.1) is 48.7 Å². The summed E-state index contributed by atoms with van der Waals surface area (Å²) in [5.74, 6) is -4.84. The van der Waals surface area contributed by atoms with Crippen LogP contribution in [0.3, 0.4) is 0 Å². The summed E-state index contributed by atoms with van der Waals surface area (Å²) in [5.41, 5.74) is -1.35. The topological polar surface area (TPSA) is 159 Å². The molecular weight excluding hydrogens is 508 g/mol. The Balaban J connectivity index is 2.51. The molecule has 2 aromatic rings. The van der Waals surface area contributed by atoms with Crippen LogP contribution in [-0.2, 0) is 39.1 Å². The monoisotopic (exact) mass is 534 g/mol. The Morgan fingerprint density at radius 3 is 1.05 bits per heavy atom. The number of ketones is 1. The summed E-state index contributed by atoms with van der Waals surface area (Å²) >= 11 is 0. The van der Waals surface area contributed by atoms with E-state index in [0.717, 1.165) is 24.3 Å². The second kappa shape index (κ2) is 15.2. The molecule has 0 spiro atoms. The molecule has 0 fully saturated rings. The van der Waals surface area contributed by atoms with E-state index in [1.165, 1.54) is 12.1 Å². The fourth-order valence-electron chi connectivity index (χ4n) is 2.86. The van der Waals surface area contributed by atoms with Crippen molar-refractivity contribution in [2.24, 2.45) is 0 Å². The van der Waals surface area contributed by atoms with Crippen molar-refractivity contribution in [3.8, 4) is 0 Å². The standard InChI is InChI=1S/C25H26O13/c1-5-31-35-22(27)17-11-9-15(13-19(17)24(29)37-33-7-3)21(26)16-10-12-18(23(28)36-32-6-2)20(14-16)25(30)38-34-8-4/h9-14H,5-8H2,1-4H3. The van der Waals surface area contributed by atoms with Gasteiger partial charge < -0.3 is 0 Å². The molecule has 13 heteroatoms. The van der Waals surface area contributed by atoms with Crippen molar-refractivity contribution in [2.45, 2.75) is 27.7 Å². The highest BCUT2D eigenvalue weighted by molar-refractivity contribution is 6.13. The lowest BCUT2D eigenvalue weighted by Gasteiger charge is -2.11. The SMILES string of the molecule is CCOOC(=O)c1ccc(C(=O)c2ccc(C(=O)OOCC)c(C(=O)OOCC)c2)cc1C(=O)OOCC. The molecule has 0 atom stereocenters. The number of hydrogen-bond donors (Lipinski definition) is 0. The maximum absolute atomic E-state index is 13.3. The van der Waals surface area contributed by atoms with Crippen molar-refractivity contribution in [3.63, 3.8) is 0 Å². The van der Waals surface area contributed by atoms with Gasteiger partial charge in [-0.3, -0.25) is 24.3 Å². The number of hydrogen-bond acceptors (Lipinski definition) is 13. The predicted molar refractivity (Wildman–Crippen MR) is 124 cm³/mol. The highest BCUT2D eigenvalue weighted by Gasteiger charge is 2.26. The Hall–Kier alpha value is -4.17. The zero-order valence-electron chi connectivity index (χ0n) is 21.1. The van der Waals surface area contributed by atoms with E-state index in [2.05, 4.69) is 39.1 Å². The maximum Gasteiger partial charge on any atom is 0.373 e.